The van der Waals surface area contributed by atoms with Crippen molar-refractivity contribution in [1.29, 1.82) is 5.41 Å². The van der Waals surface area contributed by atoms with Gasteiger partial charge in [-0.2, -0.15) is 0 Å². The molecule has 158 valence electrons. The van der Waals surface area contributed by atoms with Crippen molar-refractivity contribution in [1.82, 2.24) is 9.80 Å². The van der Waals surface area contributed by atoms with E-state index in [1.807, 2.05) is 37.4 Å². The van der Waals surface area contributed by atoms with E-state index in [0.29, 0.717) is 0 Å². The van der Waals surface area contributed by atoms with Crippen molar-refractivity contribution >= 4 is 17.7 Å². The first-order chi connectivity index (χ1) is 13.5. The first kappa shape index (κ1) is 24.2. The number of benzene rings is 1. The zero-order chi connectivity index (χ0) is 20.7. The molecule has 0 spiro atoms. The lowest BCUT2D eigenvalue weighted by molar-refractivity contribution is 0.198. The lowest BCUT2D eigenvalue weighted by Crippen LogP contribution is -2.57. The van der Waals surface area contributed by atoms with Gasteiger partial charge in [0.1, 0.15) is 5.69 Å². The first-order valence-electron chi connectivity index (χ1n) is 11.0. The zero-order valence-electron chi connectivity index (χ0n) is 17.9. The molecule has 0 aliphatic heterocycles. The number of carbonyl (C=O) groups is 1. The lowest BCUT2D eigenvalue weighted by atomic mass is 10.0. The number of unbranched alkanes of at least 4 members (excludes halogenated alkanes) is 11. The van der Waals surface area contributed by atoms with Crippen LogP contribution >= 0.6 is 0 Å². The Kier molecular flexibility index (Phi) is 12.2. The second kappa shape index (κ2) is 14.2. The molecule has 0 saturated carbocycles. The third-order valence-corrected chi connectivity index (χ3v) is 5.50. The Labute approximate surface area is 171 Å². The number of carboxylic acid groups (broad SMARTS) is 1. The number of guanidine groups is 1. The van der Waals surface area contributed by atoms with Crippen LogP contribution in [0.4, 0.5) is 10.5 Å². The van der Waals surface area contributed by atoms with E-state index >= 15 is 0 Å². The average molecular weight is 391 g/mol. The average Bonchev–Trinajstić information content (AvgIpc) is 2.68. The molecule has 0 aliphatic rings. The quantitative estimate of drug-likeness (QED) is 0.146. The normalized spacial score (nSPS) is 13.1. The predicted molar refractivity (Wildman–Crippen MR) is 119 cm³/mol. The van der Waals surface area contributed by atoms with E-state index in [2.05, 4.69) is 12.2 Å². The summed E-state index contributed by atoms with van der Waals surface area (Å²) in [7, 11) is 1.91. The van der Waals surface area contributed by atoms with Crippen molar-refractivity contribution in [2.45, 2.75) is 84.0 Å². The van der Waals surface area contributed by atoms with Gasteiger partial charge >= 0.3 is 12.1 Å². The van der Waals surface area contributed by atoms with Crippen LogP contribution in [0, 0.1) is 5.41 Å². The number of nitrogens with zero attached hydrogens (tertiary/aromatic N) is 1. The van der Waals surface area contributed by atoms with Crippen LogP contribution in [-0.4, -0.2) is 30.8 Å². The Bertz CT molecular complexity index is 562. The molecule has 0 aliphatic carbocycles. The standard InChI is InChI=1S/C23H39N3O2/c1-3-4-5-6-7-8-9-10-11-12-13-17-20-26(2,22(24)25-23(27)28)21-18-15-14-16-19-21/h14-16,18-19H,3-13,17,20H2,1-2H3,(H2-,24,25,27,28)/p+1. The number of hydrogen-bond acceptors (Lipinski definition) is 2. The minimum Gasteiger partial charge on any atom is -0.465 e. The van der Waals surface area contributed by atoms with Gasteiger partial charge in [0.2, 0.25) is 0 Å². The van der Waals surface area contributed by atoms with E-state index < -0.39 is 6.09 Å². The van der Waals surface area contributed by atoms with Gasteiger partial charge in [0.25, 0.3) is 0 Å². The molecular formula is C23H40N3O2+. The minimum absolute atomic E-state index is 0.00164. The summed E-state index contributed by atoms with van der Waals surface area (Å²) in [5.41, 5.74) is 0.935. The Balaban J connectivity index is 2.29. The number of rotatable bonds is 14. The molecule has 0 heterocycles. The fraction of sp³-hybridized carbons (Fsp3) is 0.652. The van der Waals surface area contributed by atoms with Gasteiger partial charge in [-0.25, -0.2) is 20.0 Å². The smallest absolute Gasteiger partial charge is 0.414 e. The van der Waals surface area contributed by atoms with Gasteiger partial charge < -0.3 is 5.11 Å². The lowest BCUT2D eigenvalue weighted by Gasteiger charge is -2.32. The number of nitrogens with one attached hydrogen (secondary N) is 2. The van der Waals surface area contributed by atoms with E-state index in [1.165, 1.54) is 64.2 Å². The van der Waals surface area contributed by atoms with Gasteiger partial charge in [0, 0.05) is 0 Å². The Morgan fingerprint density at radius 2 is 1.36 bits per heavy atom. The summed E-state index contributed by atoms with van der Waals surface area (Å²) in [5.74, 6) is 0.00164. The molecule has 3 N–H and O–H groups in total. The van der Waals surface area contributed by atoms with Gasteiger partial charge in [-0.1, -0.05) is 89.3 Å². The van der Waals surface area contributed by atoms with Crippen molar-refractivity contribution in [2.24, 2.45) is 0 Å². The highest BCUT2D eigenvalue weighted by Gasteiger charge is 2.32. The molecule has 1 aromatic rings. The van der Waals surface area contributed by atoms with E-state index in [4.69, 9.17) is 10.5 Å². The van der Waals surface area contributed by atoms with Gasteiger partial charge in [-0.15, -0.1) is 0 Å². The Hall–Kier alpha value is -1.88. The van der Waals surface area contributed by atoms with E-state index in [9.17, 15) is 4.79 Å². The first-order valence-corrected chi connectivity index (χ1v) is 11.0. The van der Waals surface area contributed by atoms with Crippen molar-refractivity contribution in [3.63, 3.8) is 0 Å². The summed E-state index contributed by atoms with van der Waals surface area (Å²) in [5, 5.41) is 19.5. The number of amides is 1. The molecule has 0 radical (unpaired) electrons. The largest absolute Gasteiger partial charge is 0.465 e. The second-order valence-corrected chi connectivity index (χ2v) is 7.92. The fourth-order valence-electron chi connectivity index (χ4n) is 3.62. The predicted octanol–water partition coefficient (Wildman–Crippen LogP) is 6.53. The monoisotopic (exact) mass is 390 g/mol. The van der Waals surface area contributed by atoms with E-state index in [-0.39, 0.29) is 10.4 Å². The Morgan fingerprint density at radius 3 is 1.82 bits per heavy atom. The van der Waals surface area contributed by atoms with E-state index in [0.717, 1.165) is 25.1 Å². The van der Waals surface area contributed by atoms with Crippen LogP contribution in [0.5, 0.6) is 0 Å². The second-order valence-electron chi connectivity index (χ2n) is 7.92. The Morgan fingerprint density at radius 1 is 0.893 bits per heavy atom. The maximum absolute atomic E-state index is 11.0. The van der Waals surface area contributed by atoms with Crippen molar-refractivity contribution in [3.8, 4) is 0 Å². The third-order valence-electron chi connectivity index (χ3n) is 5.50. The van der Waals surface area contributed by atoms with Crippen LogP contribution in [-0.2, 0) is 0 Å². The zero-order valence-corrected chi connectivity index (χ0v) is 17.9. The van der Waals surface area contributed by atoms with Crippen LogP contribution in [0.25, 0.3) is 0 Å². The number of para-hydroxylation sites is 1. The third kappa shape index (κ3) is 9.36. The SMILES string of the molecule is CCCCCCCCCCCCCC[N+](C)(C(=N)NC(=O)O)c1ccccc1. The summed E-state index contributed by atoms with van der Waals surface area (Å²) < 4.78 is 0.185. The highest BCUT2D eigenvalue weighted by Crippen LogP contribution is 2.22. The molecule has 0 aromatic heterocycles. The highest BCUT2D eigenvalue weighted by atomic mass is 16.4. The molecule has 1 aromatic carbocycles. The molecule has 5 nitrogen and oxygen atoms in total. The maximum atomic E-state index is 11.0. The molecule has 1 amide bonds. The van der Waals surface area contributed by atoms with Gasteiger partial charge in [-0.3, -0.25) is 0 Å². The fourth-order valence-corrected chi connectivity index (χ4v) is 3.62. The maximum Gasteiger partial charge on any atom is 0.414 e. The van der Waals surface area contributed by atoms with Crippen LogP contribution in [0.3, 0.4) is 0 Å². The molecule has 5 heteroatoms. The highest BCUT2D eigenvalue weighted by molar-refractivity contribution is 5.97. The van der Waals surface area contributed by atoms with Crippen LogP contribution in [0.1, 0.15) is 84.0 Å². The molecular weight excluding hydrogens is 350 g/mol. The van der Waals surface area contributed by atoms with Crippen molar-refractivity contribution in [2.75, 3.05) is 13.6 Å². The van der Waals surface area contributed by atoms with Crippen LogP contribution in [0.15, 0.2) is 30.3 Å². The number of hydrogen-bond donors (Lipinski definition) is 3. The van der Waals surface area contributed by atoms with Gasteiger partial charge in [-0.05, 0) is 25.0 Å². The van der Waals surface area contributed by atoms with Crippen molar-refractivity contribution in [3.05, 3.63) is 30.3 Å². The van der Waals surface area contributed by atoms with Crippen LogP contribution < -0.4 is 9.80 Å². The van der Waals surface area contributed by atoms with E-state index in [1.54, 1.807) is 0 Å². The summed E-state index contributed by atoms with van der Waals surface area (Å²) in [6, 6.07) is 9.72. The summed E-state index contributed by atoms with van der Waals surface area (Å²) in [6.07, 6.45) is 14.3. The topological polar surface area (TPSA) is 73.2 Å². The molecule has 0 bridgehead atoms. The molecule has 28 heavy (non-hydrogen) atoms. The summed E-state index contributed by atoms with van der Waals surface area (Å²) >= 11 is 0. The van der Waals surface area contributed by atoms with Crippen LogP contribution in [0.2, 0.25) is 0 Å². The minimum atomic E-state index is -1.18. The van der Waals surface area contributed by atoms with Crippen molar-refractivity contribution < 1.29 is 9.90 Å². The van der Waals surface area contributed by atoms with Gasteiger partial charge in [0.15, 0.2) is 0 Å². The molecule has 0 fully saturated rings. The number of quaternary nitrogens is 1. The molecule has 1 rings (SSSR count). The molecule has 1 unspecified atom stereocenters. The summed E-state index contributed by atoms with van der Waals surface area (Å²) in [4.78, 5) is 11.0. The van der Waals surface area contributed by atoms with Gasteiger partial charge in [0.05, 0.1) is 13.6 Å². The summed E-state index contributed by atoms with van der Waals surface area (Å²) in [6.45, 7) is 2.98. The molecule has 1 atom stereocenters. The molecule has 0 saturated heterocycles.